The topological polar surface area (TPSA) is 33.2 Å². The van der Waals surface area contributed by atoms with Gasteiger partial charge in [-0.2, -0.15) is 0 Å². The molecule has 0 bridgehead atoms. The molecular formula is C20H19FN2O. The van der Waals surface area contributed by atoms with Gasteiger partial charge in [-0.25, -0.2) is 9.37 Å². The number of rotatable bonds is 3. The monoisotopic (exact) mass is 322 g/mol. The Balaban J connectivity index is 2.24. The van der Waals surface area contributed by atoms with Crippen LogP contribution >= 0.6 is 0 Å². The summed E-state index contributed by atoms with van der Waals surface area (Å²) in [6.45, 7) is 3.89. The molecule has 0 saturated carbocycles. The molecule has 0 aliphatic rings. The van der Waals surface area contributed by atoms with Gasteiger partial charge in [-0.3, -0.25) is 4.79 Å². The summed E-state index contributed by atoms with van der Waals surface area (Å²) in [5, 5.41) is 1.64. The lowest BCUT2D eigenvalue weighted by Gasteiger charge is -2.22. The summed E-state index contributed by atoms with van der Waals surface area (Å²) in [6, 6.07) is 15.9. The lowest BCUT2D eigenvalue weighted by molar-refractivity contribution is 0.0751. The number of amides is 1. The number of benzene rings is 2. The number of carbonyl (C=O) groups is 1. The minimum atomic E-state index is -0.351. The number of pyridine rings is 1. The second-order valence-corrected chi connectivity index (χ2v) is 6.07. The van der Waals surface area contributed by atoms with Crippen LogP contribution in [0.15, 0.2) is 54.6 Å². The van der Waals surface area contributed by atoms with Crippen molar-refractivity contribution in [2.75, 3.05) is 7.05 Å². The van der Waals surface area contributed by atoms with Crippen molar-refractivity contribution in [1.29, 1.82) is 0 Å². The summed E-state index contributed by atoms with van der Waals surface area (Å²) in [7, 11) is 1.75. The fraction of sp³-hybridized carbons (Fsp3) is 0.200. The predicted molar refractivity (Wildman–Crippen MR) is 94.4 cm³/mol. The third-order valence-corrected chi connectivity index (χ3v) is 4.19. The van der Waals surface area contributed by atoms with E-state index < -0.39 is 0 Å². The van der Waals surface area contributed by atoms with Crippen molar-refractivity contribution in [2.45, 2.75) is 19.9 Å². The molecule has 1 amide bonds. The molecule has 0 unspecified atom stereocenters. The number of aromatic nitrogens is 1. The van der Waals surface area contributed by atoms with Crippen LogP contribution in [-0.2, 0) is 0 Å². The van der Waals surface area contributed by atoms with E-state index in [1.165, 1.54) is 6.07 Å². The highest BCUT2D eigenvalue weighted by Crippen LogP contribution is 2.27. The Labute approximate surface area is 140 Å². The maximum Gasteiger partial charge on any atom is 0.273 e. The van der Waals surface area contributed by atoms with E-state index in [1.807, 2.05) is 44.2 Å². The molecule has 0 aliphatic carbocycles. The number of hydrogen-bond donors (Lipinski definition) is 0. The van der Waals surface area contributed by atoms with Crippen LogP contribution in [0.3, 0.4) is 0 Å². The van der Waals surface area contributed by atoms with E-state index in [1.54, 1.807) is 30.1 Å². The van der Waals surface area contributed by atoms with Crippen LogP contribution in [0.2, 0.25) is 0 Å². The highest BCUT2D eigenvalue weighted by atomic mass is 19.1. The van der Waals surface area contributed by atoms with Gasteiger partial charge in [0.25, 0.3) is 5.91 Å². The van der Waals surface area contributed by atoms with E-state index in [2.05, 4.69) is 4.98 Å². The molecule has 2 aromatic carbocycles. The van der Waals surface area contributed by atoms with Crippen LogP contribution < -0.4 is 0 Å². The van der Waals surface area contributed by atoms with Gasteiger partial charge in [0.05, 0.1) is 5.69 Å². The SMILES string of the molecule is CC(C)N(C)C(=O)c1nc(-c2ccccc2F)cc2ccccc12. The number of carbonyl (C=O) groups excluding carboxylic acids is 1. The molecule has 3 nitrogen and oxygen atoms in total. The first-order valence-electron chi connectivity index (χ1n) is 7.91. The second-order valence-electron chi connectivity index (χ2n) is 6.07. The minimum Gasteiger partial charge on any atom is -0.338 e. The van der Waals surface area contributed by atoms with Gasteiger partial charge in [0, 0.05) is 24.0 Å². The summed E-state index contributed by atoms with van der Waals surface area (Å²) in [5.41, 5.74) is 1.21. The highest BCUT2D eigenvalue weighted by molar-refractivity contribution is 6.06. The third kappa shape index (κ3) is 2.87. The largest absolute Gasteiger partial charge is 0.338 e. The molecular weight excluding hydrogens is 303 g/mol. The second kappa shape index (κ2) is 6.40. The van der Waals surface area contributed by atoms with E-state index in [-0.39, 0.29) is 17.8 Å². The molecule has 0 aliphatic heterocycles. The van der Waals surface area contributed by atoms with Crippen LogP contribution in [0.4, 0.5) is 4.39 Å². The molecule has 3 aromatic rings. The summed E-state index contributed by atoms with van der Waals surface area (Å²) < 4.78 is 14.2. The van der Waals surface area contributed by atoms with Crippen LogP contribution in [-0.4, -0.2) is 28.9 Å². The first kappa shape index (κ1) is 16.1. The van der Waals surface area contributed by atoms with Crippen LogP contribution in [0.1, 0.15) is 24.3 Å². The van der Waals surface area contributed by atoms with Gasteiger partial charge in [0.1, 0.15) is 11.5 Å². The summed E-state index contributed by atoms with van der Waals surface area (Å²) >= 11 is 0. The summed E-state index contributed by atoms with van der Waals surface area (Å²) in [5.74, 6) is -0.518. The van der Waals surface area contributed by atoms with Gasteiger partial charge in [-0.05, 0) is 37.4 Å². The molecule has 4 heteroatoms. The van der Waals surface area contributed by atoms with Gasteiger partial charge < -0.3 is 4.90 Å². The van der Waals surface area contributed by atoms with Crippen LogP contribution in [0.25, 0.3) is 22.0 Å². The summed E-state index contributed by atoms with van der Waals surface area (Å²) in [4.78, 5) is 19.0. The Morgan fingerprint density at radius 3 is 2.46 bits per heavy atom. The van der Waals surface area contributed by atoms with Gasteiger partial charge in [0.2, 0.25) is 0 Å². The normalized spacial score (nSPS) is 11.0. The Hall–Kier alpha value is -2.75. The number of hydrogen-bond acceptors (Lipinski definition) is 2. The predicted octanol–water partition coefficient (Wildman–Crippen LogP) is 4.52. The van der Waals surface area contributed by atoms with Crippen molar-refractivity contribution in [2.24, 2.45) is 0 Å². The maximum atomic E-state index is 14.2. The average Bonchev–Trinajstić information content (AvgIpc) is 2.59. The molecule has 122 valence electrons. The van der Waals surface area contributed by atoms with Gasteiger partial charge in [-0.1, -0.05) is 36.4 Å². The Bertz CT molecular complexity index is 905. The van der Waals surface area contributed by atoms with E-state index >= 15 is 0 Å². The lowest BCUT2D eigenvalue weighted by Crippen LogP contribution is -2.33. The van der Waals surface area contributed by atoms with E-state index in [9.17, 15) is 9.18 Å². The lowest BCUT2D eigenvalue weighted by atomic mass is 10.0. The van der Waals surface area contributed by atoms with Crippen LogP contribution in [0.5, 0.6) is 0 Å². The van der Waals surface area contributed by atoms with Crippen molar-refractivity contribution in [1.82, 2.24) is 9.88 Å². The van der Waals surface area contributed by atoms with E-state index in [4.69, 9.17) is 0 Å². The molecule has 0 fully saturated rings. The summed E-state index contributed by atoms with van der Waals surface area (Å²) in [6.07, 6.45) is 0. The van der Waals surface area contributed by atoms with Crippen molar-refractivity contribution >= 4 is 16.7 Å². The van der Waals surface area contributed by atoms with Gasteiger partial charge >= 0.3 is 0 Å². The molecule has 0 radical (unpaired) electrons. The minimum absolute atomic E-state index is 0.0511. The number of halogens is 1. The number of fused-ring (bicyclic) bond motifs is 1. The quantitative estimate of drug-likeness (QED) is 0.710. The van der Waals surface area contributed by atoms with Crippen molar-refractivity contribution in [3.63, 3.8) is 0 Å². The fourth-order valence-corrected chi connectivity index (χ4v) is 2.57. The zero-order valence-corrected chi connectivity index (χ0v) is 14.0. The Kier molecular flexibility index (Phi) is 4.30. The molecule has 0 spiro atoms. The van der Waals surface area contributed by atoms with Crippen molar-refractivity contribution < 1.29 is 9.18 Å². The molecule has 24 heavy (non-hydrogen) atoms. The van der Waals surface area contributed by atoms with Crippen molar-refractivity contribution in [3.05, 3.63) is 66.1 Å². The van der Waals surface area contributed by atoms with Gasteiger partial charge in [0.15, 0.2) is 0 Å². The molecule has 0 saturated heterocycles. The zero-order valence-electron chi connectivity index (χ0n) is 14.0. The van der Waals surface area contributed by atoms with E-state index in [0.29, 0.717) is 17.0 Å². The molecule has 0 atom stereocenters. The van der Waals surface area contributed by atoms with Crippen molar-refractivity contribution in [3.8, 4) is 11.3 Å². The van der Waals surface area contributed by atoms with E-state index in [0.717, 1.165) is 10.8 Å². The zero-order chi connectivity index (χ0) is 17.3. The molecule has 3 rings (SSSR count). The first-order chi connectivity index (χ1) is 11.5. The Morgan fingerprint density at radius 2 is 1.75 bits per heavy atom. The average molecular weight is 322 g/mol. The number of nitrogens with zero attached hydrogens (tertiary/aromatic N) is 2. The van der Waals surface area contributed by atoms with Gasteiger partial charge in [-0.15, -0.1) is 0 Å². The third-order valence-electron chi connectivity index (χ3n) is 4.19. The maximum absolute atomic E-state index is 14.2. The van der Waals surface area contributed by atoms with Crippen LogP contribution in [0, 0.1) is 5.82 Å². The molecule has 1 heterocycles. The fourth-order valence-electron chi connectivity index (χ4n) is 2.57. The molecule has 1 aromatic heterocycles. The smallest absolute Gasteiger partial charge is 0.273 e. The highest BCUT2D eigenvalue weighted by Gasteiger charge is 2.20. The first-order valence-corrected chi connectivity index (χ1v) is 7.91. The Morgan fingerprint density at radius 1 is 1.08 bits per heavy atom. The standard InChI is InChI=1S/C20H19FN2O/c1-13(2)23(3)20(24)19-15-9-5-4-8-14(15)12-18(22-19)16-10-6-7-11-17(16)21/h4-13H,1-3H3. The molecule has 0 N–H and O–H groups in total.